The Labute approximate surface area is 183 Å². The molecule has 0 saturated carbocycles. The van der Waals surface area contributed by atoms with Crippen molar-refractivity contribution in [2.75, 3.05) is 13.1 Å². The molecule has 1 unspecified atom stereocenters. The van der Waals surface area contributed by atoms with E-state index in [9.17, 15) is 14.9 Å². The number of non-ortho nitro benzene ring substituents is 1. The second-order valence-corrected chi connectivity index (χ2v) is 8.54. The number of carbonyl (C=O) groups is 1. The minimum atomic E-state index is -0.533. The van der Waals surface area contributed by atoms with Crippen LogP contribution in [0, 0.1) is 10.1 Å². The first-order chi connectivity index (χ1) is 14.5. The first kappa shape index (κ1) is 20.5. The standard InChI is InChI=1S/C22H20ClN3O3S/c23-19-12-17(26(28)29)7-8-18(19)22(27)24-13-20(21-6-3-11-30-21)25-10-9-15-4-1-2-5-16(15)14-25/h1-8,11-12,20H,9-10,13-14H2,(H,24,27). The highest BCUT2D eigenvalue weighted by atomic mass is 35.5. The monoisotopic (exact) mass is 441 g/mol. The van der Waals surface area contributed by atoms with Gasteiger partial charge >= 0.3 is 0 Å². The average molecular weight is 442 g/mol. The van der Waals surface area contributed by atoms with Gasteiger partial charge in [0.2, 0.25) is 0 Å². The van der Waals surface area contributed by atoms with Crippen molar-refractivity contribution < 1.29 is 9.72 Å². The fraction of sp³-hybridized carbons (Fsp3) is 0.227. The van der Waals surface area contributed by atoms with Crippen molar-refractivity contribution in [3.05, 3.63) is 96.7 Å². The topological polar surface area (TPSA) is 75.5 Å². The van der Waals surface area contributed by atoms with Crippen LogP contribution in [0.2, 0.25) is 5.02 Å². The summed E-state index contributed by atoms with van der Waals surface area (Å²) in [5, 5.41) is 16.0. The van der Waals surface area contributed by atoms with Crippen molar-refractivity contribution in [2.45, 2.75) is 19.0 Å². The van der Waals surface area contributed by atoms with E-state index >= 15 is 0 Å². The first-order valence-electron chi connectivity index (χ1n) is 9.59. The molecule has 2 aromatic carbocycles. The Kier molecular flexibility index (Phi) is 6.13. The summed E-state index contributed by atoms with van der Waals surface area (Å²) in [5.41, 5.74) is 2.78. The van der Waals surface area contributed by atoms with E-state index in [1.54, 1.807) is 11.3 Å². The molecule has 1 amide bonds. The molecule has 1 N–H and O–H groups in total. The van der Waals surface area contributed by atoms with Gasteiger partial charge in [-0.3, -0.25) is 19.8 Å². The third-order valence-electron chi connectivity index (χ3n) is 5.34. The van der Waals surface area contributed by atoms with Gasteiger partial charge in [0, 0.05) is 36.6 Å². The van der Waals surface area contributed by atoms with Crippen LogP contribution in [-0.2, 0) is 13.0 Å². The predicted octanol–water partition coefficient (Wildman–Crippen LogP) is 4.84. The second kappa shape index (κ2) is 8.95. The maximum absolute atomic E-state index is 12.7. The van der Waals surface area contributed by atoms with Crippen LogP contribution in [0.1, 0.15) is 32.4 Å². The molecule has 0 fully saturated rings. The number of carbonyl (C=O) groups excluding carboxylic acids is 1. The van der Waals surface area contributed by atoms with Crippen molar-refractivity contribution in [3.8, 4) is 0 Å². The summed E-state index contributed by atoms with van der Waals surface area (Å²) in [6.45, 7) is 2.16. The molecule has 1 aliphatic rings. The number of nitro groups is 1. The summed E-state index contributed by atoms with van der Waals surface area (Å²) in [7, 11) is 0. The zero-order valence-electron chi connectivity index (χ0n) is 16.1. The zero-order valence-corrected chi connectivity index (χ0v) is 17.7. The average Bonchev–Trinajstić information content (AvgIpc) is 3.28. The van der Waals surface area contributed by atoms with Gasteiger partial charge in [-0.05, 0) is 35.1 Å². The molecule has 4 rings (SSSR count). The Balaban J connectivity index is 1.50. The van der Waals surface area contributed by atoms with Gasteiger partial charge in [0.25, 0.3) is 11.6 Å². The number of benzene rings is 2. The number of amides is 1. The number of nitrogens with one attached hydrogen (secondary N) is 1. The Morgan fingerprint density at radius 1 is 1.20 bits per heavy atom. The third kappa shape index (κ3) is 4.38. The van der Waals surface area contributed by atoms with Crippen LogP contribution in [0.15, 0.2) is 60.0 Å². The predicted molar refractivity (Wildman–Crippen MR) is 118 cm³/mol. The number of nitrogens with zero attached hydrogens (tertiary/aromatic N) is 2. The Bertz CT molecular complexity index is 1070. The molecule has 8 heteroatoms. The Hall–Kier alpha value is -2.74. The van der Waals surface area contributed by atoms with Crippen molar-refractivity contribution in [1.29, 1.82) is 0 Å². The van der Waals surface area contributed by atoms with E-state index in [4.69, 9.17) is 11.6 Å². The van der Waals surface area contributed by atoms with E-state index in [2.05, 4.69) is 40.5 Å². The lowest BCUT2D eigenvalue weighted by Crippen LogP contribution is -2.40. The fourth-order valence-electron chi connectivity index (χ4n) is 3.76. The number of hydrogen-bond acceptors (Lipinski definition) is 5. The number of nitro benzene ring substituents is 1. The van der Waals surface area contributed by atoms with Crippen molar-refractivity contribution in [2.24, 2.45) is 0 Å². The minimum absolute atomic E-state index is 0.0409. The number of hydrogen-bond donors (Lipinski definition) is 1. The maximum Gasteiger partial charge on any atom is 0.270 e. The molecule has 0 aliphatic carbocycles. The summed E-state index contributed by atoms with van der Waals surface area (Å²) in [6.07, 6.45) is 0.972. The molecule has 3 aromatic rings. The highest BCUT2D eigenvalue weighted by Gasteiger charge is 2.26. The molecule has 2 heterocycles. The zero-order chi connectivity index (χ0) is 21.1. The largest absolute Gasteiger partial charge is 0.350 e. The number of fused-ring (bicyclic) bond motifs is 1. The molecule has 1 aliphatic heterocycles. The van der Waals surface area contributed by atoms with Gasteiger partial charge in [-0.1, -0.05) is 41.9 Å². The number of halogens is 1. The quantitative estimate of drug-likeness (QED) is 0.438. The van der Waals surface area contributed by atoms with Crippen molar-refractivity contribution in [1.82, 2.24) is 10.2 Å². The number of rotatable bonds is 6. The molecular weight excluding hydrogens is 422 g/mol. The van der Waals surface area contributed by atoms with Gasteiger partial charge in [0.15, 0.2) is 0 Å². The first-order valence-corrected chi connectivity index (χ1v) is 10.8. The molecule has 0 bridgehead atoms. The Morgan fingerprint density at radius 3 is 2.70 bits per heavy atom. The summed E-state index contributed by atoms with van der Waals surface area (Å²) in [6, 6.07) is 16.5. The van der Waals surface area contributed by atoms with E-state index in [1.165, 1.54) is 34.2 Å². The summed E-state index contributed by atoms with van der Waals surface area (Å²) in [5.74, 6) is -0.339. The normalized spacial score (nSPS) is 14.7. The van der Waals surface area contributed by atoms with E-state index in [1.807, 2.05) is 11.4 Å². The van der Waals surface area contributed by atoms with Gasteiger partial charge < -0.3 is 5.32 Å². The maximum atomic E-state index is 12.7. The van der Waals surface area contributed by atoms with Crippen LogP contribution in [0.3, 0.4) is 0 Å². The van der Waals surface area contributed by atoms with Gasteiger partial charge in [-0.15, -0.1) is 11.3 Å². The summed E-state index contributed by atoms with van der Waals surface area (Å²) < 4.78 is 0. The van der Waals surface area contributed by atoms with Crippen LogP contribution in [-0.4, -0.2) is 28.8 Å². The number of thiophene rings is 1. The lowest BCUT2D eigenvalue weighted by Gasteiger charge is -2.35. The third-order valence-corrected chi connectivity index (χ3v) is 6.62. The molecule has 154 valence electrons. The van der Waals surface area contributed by atoms with E-state index in [0.29, 0.717) is 6.54 Å². The van der Waals surface area contributed by atoms with Crippen molar-refractivity contribution in [3.63, 3.8) is 0 Å². The van der Waals surface area contributed by atoms with Crippen LogP contribution < -0.4 is 5.32 Å². The molecule has 30 heavy (non-hydrogen) atoms. The smallest absolute Gasteiger partial charge is 0.270 e. The lowest BCUT2D eigenvalue weighted by molar-refractivity contribution is -0.384. The summed E-state index contributed by atoms with van der Waals surface area (Å²) >= 11 is 7.78. The molecule has 1 atom stereocenters. The molecule has 0 spiro atoms. The van der Waals surface area contributed by atoms with Gasteiger partial charge in [0.05, 0.1) is 21.6 Å². The highest BCUT2D eigenvalue weighted by Crippen LogP contribution is 2.30. The Morgan fingerprint density at radius 2 is 2.00 bits per heavy atom. The van der Waals surface area contributed by atoms with E-state index < -0.39 is 4.92 Å². The van der Waals surface area contributed by atoms with E-state index in [-0.39, 0.29) is 28.2 Å². The second-order valence-electron chi connectivity index (χ2n) is 7.15. The fourth-order valence-corrected chi connectivity index (χ4v) is 4.88. The van der Waals surface area contributed by atoms with Crippen LogP contribution >= 0.6 is 22.9 Å². The lowest BCUT2D eigenvalue weighted by atomic mass is 9.98. The molecule has 0 radical (unpaired) electrons. The van der Waals surface area contributed by atoms with Crippen LogP contribution in [0.4, 0.5) is 5.69 Å². The van der Waals surface area contributed by atoms with E-state index in [0.717, 1.165) is 19.5 Å². The van der Waals surface area contributed by atoms with Crippen LogP contribution in [0.5, 0.6) is 0 Å². The molecule has 1 aromatic heterocycles. The molecule has 0 saturated heterocycles. The molecular formula is C22H20ClN3O3S. The van der Waals surface area contributed by atoms with Gasteiger partial charge in [0.1, 0.15) is 0 Å². The van der Waals surface area contributed by atoms with Gasteiger partial charge in [-0.2, -0.15) is 0 Å². The van der Waals surface area contributed by atoms with Crippen molar-refractivity contribution >= 4 is 34.5 Å². The summed E-state index contributed by atoms with van der Waals surface area (Å²) in [4.78, 5) is 26.6. The SMILES string of the molecule is O=C(NCC(c1cccs1)N1CCc2ccccc2C1)c1ccc([N+](=O)[O-])cc1Cl. The minimum Gasteiger partial charge on any atom is -0.350 e. The van der Waals surface area contributed by atoms with Crippen LogP contribution in [0.25, 0.3) is 0 Å². The highest BCUT2D eigenvalue weighted by molar-refractivity contribution is 7.10. The molecule has 6 nitrogen and oxygen atoms in total. The van der Waals surface area contributed by atoms with Gasteiger partial charge in [-0.25, -0.2) is 0 Å².